The van der Waals surface area contributed by atoms with Gasteiger partial charge in [-0.1, -0.05) is 80.9 Å². The molecule has 0 bridgehead atoms. The number of ketones is 1. The van der Waals surface area contributed by atoms with Crippen LogP contribution in [0.25, 0.3) is 0 Å². The molecule has 3 aromatic carbocycles. The number of benzene rings is 3. The number of carbonyl (C=O) groups is 2. The fourth-order valence-electron chi connectivity index (χ4n) is 3.83. The second-order valence-corrected chi connectivity index (χ2v) is 12.6. The number of hydrogen-bond acceptors (Lipinski definition) is 4. The van der Waals surface area contributed by atoms with Crippen LogP contribution in [0.5, 0.6) is 0 Å². The van der Waals surface area contributed by atoms with Gasteiger partial charge in [0.15, 0.2) is 15.6 Å². The predicted molar refractivity (Wildman–Crippen MR) is 148 cm³/mol. The van der Waals surface area contributed by atoms with Gasteiger partial charge in [-0.2, -0.15) is 0 Å². The number of nitrogens with one attached hydrogen (secondary N) is 2. The van der Waals surface area contributed by atoms with Gasteiger partial charge in [-0.25, -0.2) is 13.2 Å². The topological polar surface area (TPSA) is 92.3 Å². The third-order valence-electron chi connectivity index (χ3n) is 6.05. The fourth-order valence-corrected chi connectivity index (χ4v) is 5.17. The Morgan fingerprint density at radius 3 is 2.05 bits per heavy atom. The summed E-state index contributed by atoms with van der Waals surface area (Å²) in [6.07, 6.45) is 1.52. The Morgan fingerprint density at radius 1 is 0.838 bits per heavy atom. The molecule has 7 heteroatoms. The molecule has 0 aliphatic rings. The fraction of sp³-hybridized carbons (Fsp3) is 0.333. The number of anilines is 1. The molecule has 0 radical (unpaired) electrons. The first-order chi connectivity index (χ1) is 17.4. The monoisotopic (exact) mass is 520 g/mol. The summed E-state index contributed by atoms with van der Waals surface area (Å²) in [6.45, 7) is 8.16. The van der Waals surface area contributed by atoms with Gasteiger partial charge in [-0.05, 0) is 60.6 Å². The van der Waals surface area contributed by atoms with Crippen molar-refractivity contribution in [3.8, 4) is 0 Å². The summed E-state index contributed by atoms with van der Waals surface area (Å²) in [4.78, 5) is 26.0. The van der Waals surface area contributed by atoms with Crippen LogP contribution >= 0.6 is 0 Å². The molecule has 2 N–H and O–H groups in total. The zero-order valence-electron chi connectivity index (χ0n) is 22.0. The van der Waals surface area contributed by atoms with Gasteiger partial charge in [-0.15, -0.1) is 0 Å². The lowest BCUT2D eigenvalue weighted by Gasteiger charge is -2.22. The molecule has 196 valence electrons. The number of aryl methyl sites for hydroxylation is 1. The van der Waals surface area contributed by atoms with E-state index in [1.165, 1.54) is 0 Å². The molecule has 0 aliphatic heterocycles. The van der Waals surface area contributed by atoms with E-state index in [1.807, 2.05) is 37.3 Å². The van der Waals surface area contributed by atoms with Gasteiger partial charge in [0.1, 0.15) is 0 Å². The predicted octanol–water partition coefficient (Wildman–Crippen LogP) is 6.10. The Labute approximate surface area is 220 Å². The second kappa shape index (κ2) is 12.2. The molecule has 3 aromatic rings. The maximum atomic E-state index is 13.0. The molecule has 0 aliphatic carbocycles. The summed E-state index contributed by atoms with van der Waals surface area (Å²) >= 11 is 0. The molecule has 0 saturated heterocycles. The van der Waals surface area contributed by atoms with Crippen LogP contribution in [0.2, 0.25) is 0 Å². The van der Waals surface area contributed by atoms with E-state index in [4.69, 9.17) is 0 Å². The van der Waals surface area contributed by atoms with Crippen molar-refractivity contribution in [2.45, 2.75) is 63.6 Å². The van der Waals surface area contributed by atoms with Gasteiger partial charge >= 0.3 is 6.03 Å². The summed E-state index contributed by atoms with van der Waals surface area (Å²) in [5, 5.41) is 5.60. The Kier molecular flexibility index (Phi) is 9.27. The number of carbonyl (C=O) groups excluding carboxylic acids is 2. The van der Waals surface area contributed by atoms with E-state index in [1.54, 1.807) is 48.5 Å². The molecule has 0 aromatic heterocycles. The second-order valence-electron chi connectivity index (χ2n) is 10.6. The van der Waals surface area contributed by atoms with Gasteiger partial charge < -0.3 is 10.6 Å². The molecule has 3 rings (SSSR count). The molecule has 37 heavy (non-hydrogen) atoms. The van der Waals surface area contributed by atoms with E-state index in [0.29, 0.717) is 24.1 Å². The zero-order chi connectivity index (χ0) is 27.1. The first-order valence-corrected chi connectivity index (χ1v) is 14.1. The van der Waals surface area contributed by atoms with Crippen LogP contribution in [0.4, 0.5) is 10.5 Å². The van der Waals surface area contributed by atoms with Crippen LogP contribution in [0.15, 0.2) is 83.8 Å². The van der Waals surface area contributed by atoms with Crippen LogP contribution in [0.1, 0.15) is 50.3 Å². The molecule has 0 fully saturated rings. The number of sulfone groups is 1. The van der Waals surface area contributed by atoms with Crippen LogP contribution in [0.3, 0.4) is 0 Å². The largest absolute Gasteiger partial charge is 0.328 e. The van der Waals surface area contributed by atoms with E-state index in [0.717, 1.165) is 17.5 Å². The van der Waals surface area contributed by atoms with Crippen molar-refractivity contribution in [1.29, 1.82) is 0 Å². The van der Waals surface area contributed by atoms with E-state index < -0.39 is 21.9 Å². The lowest BCUT2D eigenvalue weighted by Crippen LogP contribution is -2.44. The third kappa shape index (κ3) is 9.17. The molecule has 0 unspecified atom stereocenters. The minimum absolute atomic E-state index is 0.00871. The van der Waals surface area contributed by atoms with Crippen LogP contribution in [-0.2, 0) is 26.8 Å². The van der Waals surface area contributed by atoms with Crippen molar-refractivity contribution >= 4 is 27.3 Å². The molecular formula is C30H36N2O4S. The molecule has 1 atom stereocenters. The summed E-state index contributed by atoms with van der Waals surface area (Å²) in [7, 11) is -3.47. The van der Waals surface area contributed by atoms with Gasteiger partial charge in [-0.3, -0.25) is 4.79 Å². The standard InChI is InChI=1S/C30H36N2O4S/c1-22-10-16-26(17-11-22)37(35,36)21-24-12-14-25(15-13-24)31-29(34)32-27(20-23-8-6-5-7-9-23)28(33)18-19-30(2,3)4/h5-17,27H,18-21H2,1-4H3,(H2,31,32,34)/t27-/m1/s1. The van der Waals surface area contributed by atoms with E-state index in [2.05, 4.69) is 31.4 Å². The molecule has 0 saturated carbocycles. The van der Waals surface area contributed by atoms with Crippen LogP contribution in [-0.4, -0.2) is 26.3 Å². The molecule has 0 heterocycles. The summed E-state index contributed by atoms with van der Waals surface area (Å²) in [5.74, 6) is -0.144. The van der Waals surface area contributed by atoms with E-state index in [-0.39, 0.29) is 21.8 Å². The van der Waals surface area contributed by atoms with Crippen LogP contribution < -0.4 is 10.6 Å². The summed E-state index contributed by atoms with van der Waals surface area (Å²) in [5.41, 5.74) is 3.11. The van der Waals surface area contributed by atoms with Crippen molar-refractivity contribution in [3.05, 3.63) is 95.6 Å². The highest BCUT2D eigenvalue weighted by Gasteiger charge is 2.23. The maximum Gasteiger partial charge on any atom is 0.319 e. The zero-order valence-corrected chi connectivity index (χ0v) is 22.8. The summed E-state index contributed by atoms with van der Waals surface area (Å²) < 4.78 is 25.4. The molecule has 2 amide bonds. The van der Waals surface area contributed by atoms with E-state index >= 15 is 0 Å². The number of amides is 2. The minimum Gasteiger partial charge on any atom is -0.328 e. The molecular weight excluding hydrogens is 484 g/mol. The number of Topliss-reactive ketones (excluding diaryl/α,β-unsaturated/α-hetero) is 1. The number of hydrogen-bond donors (Lipinski definition) is 2. The quantitative estimate of drug-likeness (QED) is 0.338. The molecule has 0 spiro atoms. The normalized spacial score (nSPS) is 12.5. The minimum atomic E-state index is -3.47. The Morgan fingerprint density at radius 2 is 1.46 bits per heavy atom. The first kappa shape index (κ1) is 28.1. The Balaban J connectivity index is 1.63. The van der Waals surface area contributed by atoms with Gasteiger partial charge in [0.2, 0.25) is 0 Å². The highest BCUT2D eigenvalue weighted by molar-refractivity contribution is 7.90. The summed E-state index contributed by atoms with van der Waals surface area (Å²) in [6, 6.07) is 21.9. The highest BCUT2D eigenvalue weighted by Crippen LogP contribution is 2.22. The third-order valence-corrected chi connectivity index (χ3v) is 7.75. The smallest absolute Gasteiger partial charge is 0.319 e. The number of urea groups is 1. The highest BCUT2D eigenvalue weighted by atomic mass is 32.2. The van der Waals surface area contributed by atoms with Gasteiger partial charge in [0.25, 0.3) is 0 Å². The van der Waals surface area contributed by atoms with Crippen molar-refractivity contribution in [1.82, 2.24) is 5.32 Å². The lowest BCUT2D eigenvalue weighted by atomic mass is 9.87. The maximum absolute atomic E-state index is 13.0. The average molecular weight is 521 g/mol. The van der Waals surface area contributed by atoms with Crippen LogP contribution in [0, 0.1) is 12.3 Å². The SMILES string of the molecule is Cc1ccc(S(=O)(=O)Cc2ccc(NC(=O)N[C@H](Cc3ccccc3)C(=O)CCC(C)(C)C)cc2)cc1. The van der Waals surface area contributed by atoms with E-state index in [9.17, 15) is 18.0 Å². The first-order valence-electron chi connectivity index (χ1n) is 12.4. The van der Waals surface area contributed by atoms with Crippen molar-refractivity contribution < 1.29 is 18.0 Å². The van der Waals surface area contributed by atoms with Gasteiger partial charge in [0, 0.05) is 12.1 Å². The lowest BCUT2D eigenvalue weighted by molar-refractivity contribution is -0.121. The number of rotatable bonds is 10. The molecule has 6 nitrogen and oxygen atoms in total. The van der Waals surface area contributed by atoms with Crippen molar-refractivity contribution in [3.63, 3.8) is 0 Å². The average Bonchev–Trinajstić information content (AvgIpc) is 2.83. The van der Waals surface area contributed by atoms with Crippen molar-refractivity contribution in [2.24, 2.45) is 5.41 Å². The Bertz CT molecular complexity index is 1290. The van der Waals surface area contributed by atoms with Gasteiger partial charge in [0.05, 0.1) is 16.7 Å². The van der Waals surface area contributed by atoms with Crippen molar-refractivity contribution in [2.75, 3.05) is 5.32 Å². The Hall–Kier alpha value is -3.45.